The highest BCUT2D eigenvalue weighted by atomic mass is 16.6. The van der Waals surface area contributed by atoms with E-state index in [1.807, 2.05) is 23.2 Å². The lowest BCUT2D eigenvalue weighted by atomic mass is 9.84. The molecular formula is C26H26N6O6. The van der Waals surface area contributed by atoms with Gasteiger partial charge in [0.05, 0.1) is 34.3 Å². The summed E-state index contributed by atoms with van der Waals surface area (Å²) in [6, 6.07) is 7.40. The van der Waals surface area contributed by atoms with Gasteiger partial charge in [-0.15, -0.1) is 0 Å². The van der Waals surface area contributed by atoms with Crippen LogP contribution in [0, 0.1) is 10.1 Å². The Kier molecular flexibility index (Phi) is 5.54. The van der Waals surface area contributed by atoms with Crippen LogP contribution in [-0.4, -0.2) is 74.9 Å². The molecular weight excluding hydrogens is 492 g/mol. The molecule has 1 fully saturated rings. The van der Waals surface area contributed by atoms with Crippen molar-refractivity contribution in [1.82, 2.24) is 19.5 Å². The summed E-state index contributed by atoms with van der Waals surface area (Å²) in [6.45, 7) is 4.40. The fourth-order valence-corrected chi connectivity index (χ4v) is 5.58. The molecule has 12 heteroatoms. The van der Waals surface area contributed by atoms with E-state index in [0.29, 0.717) is 11.1 Å². The van der Waals surface area contributed by atoms with Crippen molar-refractivity contribution >= 4 is 28.8 Å². The number of carbonyl (C=O) groups is 1. The van der Waals surface area contributed by atoms with Gasteiger partial charge in [-0.3, -0.25) is 24.5 Å². The summed E-state index contributed by atoms with van der Waals surface area (Å²) in [5.41, 5.74) is -1.56. The lowest BCUT2D eigenvalue weighted by Crippen LogP contribution is -2.45. The third-order valence-corrected chi connectivity index (χ3v) is 7.74. The number of aromatic nitrogens is 2. The first kappa shape index (κ1) is 24.2. The number of nitrogens with zero attached hydrogens (tertiary/aromatic N) is 6. The van der Waals surface area contributed by atoms with Crippen LogP contribution in [0.15, 0.2) is 34.2 Å². The van der Waals surface area contributed by atoms with Gasteiger partial charge in [-0.1, -0.05) is 25.1 Å². The Morgan fingerprint density at radius 3 is 2.66 bits per heavy atom. The molecule has 196 valence electrons. The van der Waals surface area contributed by atoms with Crippen LogP contribution < -0.4 is 5.56 Å². The van der Waals surface area contributed by atoms with Crippen LogP contribution in [0.25, 0.3) is 22.3 Å². The van der Waals surface area contributed by atoms with Crippen molar-refractivity contribution in [2.45, 2.75) is 32.1 Å². The molecule has 3 aliphatic rings. The number of rotatable bonds is 4. The van der Waals surface area contributed by atoms with Gasteiger partial charge < -0.3 is 14.7 Å². The Bertz CT molecular complexity index is 1610. The van der Waals surface area contributed by atoms with Gasteiger partial charge in [0.15, 0.2) is 5.60 Å². The highest BCUT2D eigenvalue weighted by Crippen LogP contribution is 2.46. The number of hydrazone groups is 1. The van der Waals surface area contributed by atoms with E-state index in [1.165, 1.54) is 11.5 Å². The Morgan fingerprint density at radius 2 is 1.95 bits per heavy atom. The molecule has 12 nitrogen and oxygen atoms in total. The van der Waals surface area contributed by atoms with Gasteiger partial charge in [-0.25, -0.2) is 9.78 Å². The minimum absolute atomic E-state index is 0.0182. The zero-order valence-corrected chi connectivity index (χ0v) is 21.0. The van der Waals surface area contributed by atoms with Crippen LogP contribution >= 0.6 is 0 Å². The fraction of sp³-hybridized carbons (Fsp3) is 0.385. The van der Waals surface area contributed by atoms with E-state index in [9.17, 15) is 24.8 Å². The van der Waals surface area contributed by atoms with Gasteiger partial charge in [0.25, 0.3) is 5.56 Å². The van der Waals surface area contributed by atoms with E-state index in [4.69, 9.17) is 14.8 Å². The number of pyridine rings is 2. The second-order valence-electron chi connectivity index (χ2n) is 9.86. The first-order valence-electron chi connectivity index (χ1n) is 12.5. The summed E-state index contributed by atoms with van der Waals surface area (Å²) in [5.74, 6) is -1.01. The third-order valence-electron chi connectivity index (χ3n) is 7.74. The van der Waals surface area contributed by atoms with Gasteiger partial charge in [-0.05, 0) is 19.5 Å². The highest BCUT2D eigenvalue weighted by Gasteiger charge is 2.52. The number of likely N-dealkylation sites (N-methyl/N-ethyl adjacent to an activating group) is 1. The van der Waals surface area contributed by atoms with Crippen molar-refractivity contribution in [3.63, 3.8) is 0 Å². The molecule has 0 aliphatic carbocycles. The Hall–Kier alpha value is -4.16. The summed E-state index contributed by atoms with van der Waals surface area (Å²) in [6.07, 6.45) is 1.55. The first-order valence-corrected chi connectivity index (χ1v) is 12.5. The molecule has 1 aromatic carbocycles. The second-order valence-corrected chi connectivity index (χ2v) is 9.86. The Morgan fingerprint density at radius 1 is 1.21 bits per heavy atom. The van der Waals surface area contributed by atoms with Crippen LogP contribution in [0.1, 0.15) is 35.6 Å². The van der Waals surface area contributed by atoms with Crippen LogP contribution in [0.3, 0.4) is 0 Å². The number of fused-ring (bicyclic) bond motifs is 5. The van der Waals surface area contributed by atoms with Crippen molar-refractivity contribution < 1.29 is 19.6 Å². The third kappa shape index (κ3) is 3.44. The number of aliphatic hydroxyl groups is 1. The zero-order chi connectivity index (χ0) is 26.8. The molecule has 2 aromatic heterocycles. The number of nitro groups is 1. The van der Waals surface area contributed by atoms with Crippen molar-refractivity contribution in [3.8, 4) is 11.4 Å². The number of hydrogen-bond donors (Lipinski definition) is 1. The first-order chi connectivity index (χ1) is 18.2. The van der Waals surface area contributed by atoms with E-state index >= 15 is 0 Å². The summed E-state index contributed by atoms with van der Waals surface area (Å²) >= 11 is 0. The molecule has 0 radical (unpaired) electrons. The number of ether oxygens (including phenoxy) is 1. The van der Waals surface area contributed by atoms with Crippen molar-refractivity contribution in [2.24, 2.45) is 5.10 Å². The van der Waals surface area contributed by atoms with E-state index < -0.39 is 34.3 Å². The molecule has 0 bridgehead atoms. The molecule has 3 aliphatic heterocycles. The predicted octanol–water partition coefficient (Wildman–Crippen LogP) is 1.57. The van der Waals surface area contributed by atoms with Crippen LogP contribution in [0.5, 0.6) is 0 Å². The standard InChI is InChI=1S/C26H26N6O6/c1-3-26(35)20-18(14-38-25(26)34)24(33)31-13-17-16(12-27-30-10-8-29(2)9-11-30)15-6-4-5-7-19(15)28-21(17)23(31)22(20)32(36)37/h4-7,12,35H,3,8-11,13-14H2,1-2H3/t26-/m0/s1. The number of hydrogen-bond acceptors (Lipinski definition) is 10. The van der Waals surface area contributed by atoms with E-state index in [-0.39, 0.29) is 35.5 Å². The van der Waals surface area contributed by atoms with E-state index in [0.717, 1.165) is 37.1 Å². The lowest BCUT2D eigenvalue weighted by Gasteiger charge is -2.31. The second kappa shape index (κ2) is 8.71. The number of para-hydroxylation sites is 1. The van der Waals surface area contributed by atoms with Crippen LogP contribution in [-0.2, 0) is 28.3 Å². The largest absolute Gasteiger partial charge is 0.458 e. The number of esters is 1. The molecule has 0 saturated carbocycles. The molecule has 1 N–H and O–H groups in total. The smallest absolute Gasteiger partial charge is 0.343 e. The van der Waals surface area contributed by atoms with E-state index in [1.54, 1.807) is 12.3 Å². The Balaban J connectivity index is 1.62. The molecule has 0 spiro atoms. The normalized spacial score (nSPS) is 20.9. The minimum atomic E-state index is -2.31. The Labute approximate surface area is 216 Å². The highest BCUT2D eigenvalue weighted by molar-refractivity contribution is 6.03. The molecule has 0 unspecified atom stereocenters. The van der Waals surface area contributed by atoms with Gasteiger partial charge in [-0.2, -0.15) is 5.10 Å². The topological polar surface area (TPSA) is 143 Å². The van der Waals surface area contributed by atoms with E-state index in [2.05, 4.69) is 11.9 Å². The van der Waals surface area contributed by atoms with Crippen molar-refractivity contribution in [1.29, 1.82) is 0 Å². The van der Waals surface area contributed by atoms with Crippen molar-refractivity contribution in [3.05, 3.63) is 67.0 Å². The molecule has 1 atom stereocenters. The summed E-state index contributed by atoms with van der Waals surface area (Å²) in [4.78, 5) is 45.1. The fourth-order valence-electron chi connectivity index (χ4n) is 5.58. The van der Waals surface area contributed by atoms with Gasteiger partial charge >= 0.3 is 11.7 Å². The average Bonchev–Trinajstić information content (AvgIpc) is 3.29. The molecule has 38 heavy (non-hydrogen) atoms. The minimum Gasteiger partial charge on any atom is -0.458 e. The van der Waals surface area contributed by atoms with Gasteiger partial charge in [0, 0.05) is 42.7 Å². The van der Waals surface area contributed by atoms with Crippen LogP contribution in [0.4, 0.5) is 5.69 Å². The lowest BCUT2D eigenvalue weighted by molar-refractivity contribution is -0.386. The molecule has 0 amide bonds. The maximum Gasteiger partial charge on any atom is 0.343 e. The molecule has 1 saturated heterocycles. The summed E-state index contributed by atoms with van der Waals surface area (Å²) < 4.78 is 6.39. The number of benzene rings is 1. The predicted molar refractivity (Wildman–Crippen MR) is 138 cm³/mol. The molecule has 3 aromatic rings. The van der Waals surface area contributed by atoms with Gasteiger partial charge in [0.1, 0.15) is 18.0 Å². The average molecular weight is 519 g/mol. The summed E-state index contributed by atoms with van der Waals surface area (Å²) in [7, 11) is 2.06. The quantitative estimate of drug-likeness (QED) is 0.184. The van der Waals surface area contributed by atoms with Crippen LogP contribution in [0.2, 0.25) is 0 Å². The number of piperazine rings is 1. The zero-order valence-electron chi connectivity index (χ0n) is 21.0. The molecule has 5 heterocycles. The maximum absolute atomic E-state index is 13.7. The SMILES string of the molecule is CC[C@@]1(O)C(=O)OCc2c1c([N+](=O)[O-])c1n(c2=O)Cc2c-1nc1ccccc1c2C=NN1CCN(C)CC1. The molecule has 6 rings (SSSR count). The monoisotopic (exact) mass is 518 g/mol. The van der Waals surface area contributed by atoms with Gasteiger partial charge in [0.2, 0.25) is 0 Å². The maximum atomic E-state index is 13.7. The van der Waals surface area contributed by atoms with Crippen molar-refractivity contribution in [2.75, 3.05) is 33.2 Å². The number of cyclic esters (lactones) is 1. The summed E-state index contributed by atoms with van der Waals surface area (Å²) in [5, 5.41) is 31.3. The number of carbonyl (C=O) groups excluding carboxylic acids is 1.